The van der Waals surface area contributed by atoms with E-state index in [4.69, 9.17) is 0 Å². The molecule has 0 saturated carbocycles. The van der Waals surface area contributed by atoms with E-state index in [1.165, 1.54) is 77.5 Å². The van der Waals surface area contributed by atoms with E-state index in [1.54, 1.807) is 0 Å². The first-order valence-electron chi connectivity index (χ1n) is 18.8. The summed E-state index contributed by atoms with van der Waals surface area (Å²) < 4.78 is 0. The first kappa shape index (κ1) is 31.5. The molecule has 0 bridgehead atoms. The molecule has 8 aromatic carbocycles. The van der Waals surface area contributed by atoms with E-state index < -0.39 is 0 Å². The highest BCUT2D eigenvalue weighted by Gasteiger charge is 2.38. The van der Waals surface area contributed by atoms with Crippen LogP contribution in [0.2, 0.25) is 0 Å². The van der Waals surface area contributed by atoms with Gasteiger partial charge in [-0.2, -0.15) is 0 Å². The third kappa shape index (κ3) is 4.70. The molecule has 1 heteroatoms. The number of hydrogen-bond donors (Lipinski definition) is 0. The van der Waals surface area contributed by atoms with Crippen LogP contribution in [0.1, 0.15) is 49.9 Å². The Morgan fingerprint density at radius 1 is 0.358 bits per heavy atom. The fraction of sp³-hybridized carbons (Fsp3) is 0.115. The number of fused-ring (bicyclic) bond motifs is 7. The maximum absolute atomic E-state index is 2.46. The highest BCUT2D eigenvalue weighted by Crippen LogP contribution is 2.54. The van der Waals surface area contributed by atoms with Crippen molar-refractivity contribution >= 4 is 27.8 Å². The van der Waals surface area contributed by atoms with Crippen molar-refractivity contribution in [2.24, 2.45) is 0 Å². The van der Waals surface area contributed by atoms with Crippen molar-refractivity contribution in [3.05, 3.63) is 198 Å². The van der Waals surface area contributed by atoms with Crippen LogP contribution in [-0.4, -0.2) is 0 Å². The second kappa shape index (κ2) is 11.7. The Morgan fingerprint density at radius 2 is 0.774 bits per heavy atom. The Morgan fingerprint density at radius 3 is 1.34 bits per heavy atom. The van der Waals surface area contributed by atoms with Gasteiger partial charge in [0.2, 0.25) is 0 Å². The van der Waals surface area contributed by atoms with Gasteiger partial charge in [-0.15, -0.1) is 0 Å². The maximum atomic E-state index is 2.46. The number of hydrogen-bond acceptors (Lipinski definition) is 1. The summed E-state index contributed by atoms with van der Waals surface area (Å²) in [4.78, 5) is 2.46. The molecular weight excluding hydrogens is 639 g/mol. The van der Waals surface area contributed by atoms with Crippen molar-refractivity contribution < 1.29 is 0 Å². The van der Waals surface area contributed by atoms with Gasteiger partial charge in [0.25, 0.3) is 0 Å². The molecule has 0 radical (unpaired) electrons. The molecule has 0 saturated heterocycles. The highest BCUT2D eigenvalue weighted by atomic mass is 15.1. The second-order valence-corrected chi connectivity index (χ2v) is 15.7. The standard InChI is InChI=1S/C52H41N/c1-51(2)46-29-9-7-23-42(46)44-27-14-25-40(49(44)51)35-18-11-20-37(32-35)53(48-31-13-17-34-16-5-6-22-39(34)48)38-21-12-19-36(33-38)41-26-15-28-45-43-24-8-10-30-47(43)52(3,4)50(41)45/h5-33H,1-4H3. The third-order valence-corrected chi connectivity index (χ3v) is 12.0. The predicted octanol–water partition coefficient (Wildman–Crippen LogP) is 14.3. The van der Waals surface area contributed by atoms with Crippen LogP contribution in [-0.2, 0) is 10.8 Å². The van der Waals surface area contributed by atoms with E-state index in [-0.39, 0.29) is 10.8 Å². The quantitative estimate of drug-likeness (QED) is 0.175. The summed E-state index contributed by atoms with van der Waals surface area (Å²) in [6.07, 6.45) is 0. The molecule has 0 fully saturated rings. The Kier molecular flexibility index (Phi) is 6.94. The van der Waals surface area contributed by atoms with E-state index in [2.05, 4.69) is 209 Å². The maximum Gasteiger partial charge on any atom is 0.0540 e. The monoisotopic (exact) mass is 679 g/mol. The van der Waals surface area contributed by atoms with Gasteiger partial charge < -0.3 is 4.90 Å². The molecule has 0 unspecified atom stereocenters. The van der Waals surface area contributed by atoms with Gasteiger partial charge in [0, 0.05) is 27.6 Å². The Balaban J connectivity index is 1.16. The number of rotatable bonds is 5. The SMILES string of the molecule is CC1(C)c2ccccc2-c2cccc(-c3cccc(N(c4cccc(-c5cccc6c5C(C)(C)c5ccccc5-6)c4)c4cccc5ccccc45)c3)c21. The van der Waals surface area contributed by atoms with Gasteiger partial charge in [-0.25, -0.2) is 0 Å². The van der Waals surface area contributed by atoms with Crippen LogP contribution >= 0.6 is 0 Å². The lowest BCUT2D eigenvalue weighted by atomic mass is 9.79. The van der Waals surface area contributed by atoms with Crippen molar-refractivity contribution in [2.75, 3.05) is 4.90 Å². The van der Waals surface area contributed by atoms with Crippen LogP contribution in [0.15, 0.2) is 176 Å². The molecule has 0 amide bonds. The van der Waals surface area contributed by atoms with Gasteiger partial charge in [-0.3, -0.25) is 0 Å². The van der Waals surface area contributed by atoms with Gasteiger partial charge in [-0.05, 0) is 102 Å². The molecule has 0 spiro atoms. The van der Waals surface area contributed by atoms with Crippen LogP contribution in [0, 0.1) is 0 Å². The summed E-state index contributed by atoms with van der Waals surface area (Å²) >= 11 is 0. The first-order chi connectivity index (χ1) is 25.8. The number of benzene rings is 8. The third-order valence-electron chi connectivity index (χ3n) is 12.0. The van der Waals surface area contributed by atoms with Gasteiger partial charge in [0.05, 0.1) is 5.69 Å². The lowest BCUT2D eigenvalue weighted by molar-refractivity contribution is 0.662. The molecule has 1 nitrogen and oxygen atoms in total. The van der Waals surface area contributed by atoms with Crippen molar-refractivity contribution in [1.82, 2.24) is 0 Å². The minimum atomic E-state index is -0.106. The van der Waals surface area contributed by atoms with E-state index in [1.807, 2.05) is 0 Å². The van der Waals surface area contributed by atoms with E-state index >= 15 is 0 Å². The fourth-order valence-electron chi connectivity index (χ4n) is 9.63. The minimum absolute atomic E-state index is 0.106. The molecule has 53 heavy (non-hydrogen) atoms. The van der Waals surface area contributed by atoms with E-state index in [0.29, 0.717) is 0 Å². The fourth-order valence-corrected chi connectivity index (χ4v) is 9.63. The second-order valence-electron chi connectivity index (χ2n) is 15.7. The van der Waals surface area contributed by atoms with Crippen LogP contribution in [0.4, 0.5) is 17.1 Å². The van der Waals surface area contributed by atoms with Crippen molar-refractivity contribution in [1.29, 1.82) is 0 Å². The molecule has 8 aromatic rings. The average Bonchev–Trinajstić information content (AvgIpc) is 3.58. The summed E-state index contributed by atoms with van der Waals surface area (Å²) in [6.45, 7) is 9.50. The zero-order valence-electron chi connectivity index (χ0n) is 30.7. The van der Waals surface area contributed by atoms with Crippen molar-refractivity contribution in [3.63, 3.8) is 0 Å². The summed E-state index contributed by atoms with van der Waals surface area (Å²) in [7, 11) is 0. The van der Waals surface area contributed by atoms with Gasteiger partial charge in [-0.1, -0.05) is 173 Å². The predicted molar refractivity (Wildman–Crippen MR) is 225 cm³/mol. The van der Waals surface area contributed by atoms with E-state index in [0.717, 1.165) is 17.1 Å². The number of anilines is 3. The van der Waals surface area contributed by atoms with Crippen molar-refractivity contribution in [3.8, 4) is 44.5 Å². The van der Waals surface area contributed by atoms with Gasteiger partial charge in [0.1, 0.15) is 0 Å². The van der Waals surface area contributed by atoms with Crippen LogP contribution in [0.25, 0.3) is 55.3 Å². The molecule has 0 atom stereocenters. The zero-order valence-corrected chi connectivity index (χ0v) is 30.7. The van der Waals surface area contributed by atoms with Crippen molar-refractivity contribution in [2.45, 2.75) is 38.5 Å². The highest BCUT2D eigenvalue weighted by molar-refractivity contribution is 6.00. The average molecular weight is 680 g/mol. The lowest BCUT2D eigenvalue weighted by Crippen LogP contribution is -2.16. The molecule has 0 aromatic heterocycles. The molecule has 10 rings (SSSR count). The van der Waals surface area contributed by atoms with Crippen LogP contribution in [0.5, 0.6) is 0 Å². The smallest absolute Gasteiger partial charge is 0.0540 e. The molecule has 2 aliphatic rings. The van der Waals surface area contributed by atoms with Gasteiger partial charge in [0.15, 0.2) is 0 Å². The summed E-state index contributed by atoms with van der Waals surface area (Å²) in [5, 5.41) is 2.45. The largest absolute Gasteiger partial charge is 0.310 e. The summed E-state index contributed by atoms with van der Waals surface area (Å²) in [5.74, 6) is 0. The Labute approximate surface area is 312 Å². The van der Waals surface area contributed by atoms with Crippen LogP contribution in [0.3, 0.4) is 0 Å². The molecule has 0 heterocycles. The lowest BCUT2D eigenvalue weighted by Gasteiger charge is -2.29. The van der Waals surface area contributed by atoms with E-state index in [9.17, 15) is 0 Å². The molecule has 0 aliphatic heterocycles. The van der Waals surface area contributed by atoms with Crippen LogP contribution < -0.4 is 4.90 Å². The topological polar surface area (TPSA) is 3.24 Å². The Bertz CT molecular complexity index is 2590. The Hall–Kier alpha value is -6.18. The first-order valence-corrected chi connectivity index (χ1v) is 18.8. The normalized spacial score (nSPS) is 14.3. The summed E-state index contributed by atoms with van der Waals surface area (Å²) in [5.41, 5.74) is 19.2. The molecule has 254 valence electrons. The van der Waals surface area contributed by atoms with Gasteiger partial charge >= 0.3 is 0 Å². The molecular formula is C52H41N. The minimum Gasteiger partial charge on any atom is -0.310 e. The molecule has 0 N–H and O–H groups in total. The zero-order chi connectivity index (χ0) is 35.9. The summed E-state index contributed by atoms with van der Waals surface area (Å²) in [6, 6.07) is 65.2. The number of nitrogens with zero attached hydrogens (tertiary/aromatic N) is 1. The molecule has 2 aliphatic carbocycles.